The third-order valence-corrected chi connectivity index (χ3v) is 4.25. The molecule has 2 aromatic heterocycles. The van der Waals surface area contributed by atoms with Crippen molar-refractivity contribution >= 4 is 39.0 Å². The quantitative estimate of drug-likeness (QED) is 0.904. The van der Waals surface area contributed by atoms with Crippen molar-refractivity contribution in [3.05, 3.63) is 43.7 Å². The molecule has 2 aromatic rings. The van der Waals surface area contributed by atoms with Crippen LogP contribution in [0, 0.1) is 20.8 Å². The van der Waals surface area contributed by atoms with E-state index in [0.29, 0.717) is 10.7 Å². The van der Waals surface area contributed by atoms with E-state index in [4.69, 9.17) is 0 Å². The van der Waals surface area contributed by atoms with E-state index in [9.17, 15) is 4.79 Å². The second-order valence-corrected chi connectivity index (χ2v) is 6.30. The first-order valence-electron chi connectivity index (χ1n) is 5.48. The molecule has 0 aliphatic rings. The van der Waals surface area contributed by atoms with Gasteiger partial charge in [0.25, 0.3) is 5.91 Å². The second kappa shape index (κ2) is 5.20. The number of carbonyl (C=O) groups excluding carboxylic acids is 1. The highest BCUT2D eigenvalue weighted by molar-refractivity contribution is 9.10. The number of hydrogen-bond acceptors (Lipinski definition) is 3. The fourth-order valence-electron chi connectivity index (χ4n) is 1.53. The summed E-state index contributed by atoms with van der Waals surface area (Å²) in [6.07, 6.45) is 1.67. The summed E-state index contributed by atoms with van der Waals surface area (Å²) in [5, 5.41) is 2.83. The van der Waals surface area contributed by atoms with Gasteiger partial charge in [-0.3, -0.25) is 4.79 Å². The largest absolute Gasteiger partial charge is 0.306 e. The predicted molar refractivity (Wildman–Crippen MR) is 78.4 cm³/mol. The van der Waals surface area contributed by atoms with Gasteiger partial charge >= 0.3 is 0 Å². The zero-order valence-electron chi connectivity index (χ0n) is 10.4. The molecule has 1 N–H and O–H groups in total. The van der Waals surface area contributed by atoms with E-state index < -0.39 is 0 Å². The Hall–Kier alpha value is -1.20. The van der Waals surface area contributed by atoms with Gasteiger partial charge in [0, 0.05) is 15.5 Å². The van der Waals surface area contributed by atoms with Crippen LogP contribution < -0.4 is 5.32 Å². The summed E-state index contributed by atoms with van der Waals surface area (Å²) < 4.78 is 0.904. The van der Waals surface area contributed by atoms with Crippen LogP contribution in [-0.4, -0.2) is 10.9 Å². The first-order valence-corrected chi connectivity index (χ1v) is 7.09. The van der Waals surface area contributed by atoms with Gasteiger partial charge in [-0.05, 0) is 60.0 Å². The summed E-state index contributed by atoms with van der Waals surface area (Å²) in [7, 11) is 0. The highest BCUT2D eigenvalue weighted by Crippen LogP contribution is 2.22. The van der Waals surface area contributed by atoms with Crippen LogP contribution in [0.3, 0.4) is 0 Å². The summed E-state index contributed by atoms with van der Waals surface area (Å²) in [4.78, 5) is 18.1. The maximum Gasteiger partial charge on any atom is 0.266 e. The van der Waals surface area contributed by atoms with E-state index in [2.05, 4.69) is 26.2 Å². The molecular weight excluding hydrogens is 312 g/mol. The molecule has 2 rings (SSSR count). The number of rotatable bonds is 2. The van der Waals surface area contributed by atoms with Crippen LogP contribution in [0.15, 0.2) is 22.8 Å². The Labute approximate surface area is 118 Å². The van der Waals surface area contributed by atoms with Gasteiger partial charge < -0.3 is 5.32 Å². The lowest BCUT2D eigenvalue weighted by Gasteiger charge is -2.06. The number of aromatic nitrogens is 1. The Bertz CT molecular complexity index is 588. The number of nitrogens with one attached hydrogen (secondary N) is 1. The normalized spacial score (nSPS) is 10.4. The van der Waals surface area contributed by atoms with Gasteiger partial charge in [-0.1, -0.05) is 0 Å². The molecule has 5 heteroatoms. The Kier molecular flexibility index (Phi) is 3.82. The van der Waals surface area contributed by atoms with Crippen LogP contribution in [-0.2, 0) is 0 Å². The standard InChI is InChI=1S/C13H13BrN2OS/c1-7-5-11(18-9(7)3)13(17)16-12-8(2)4-10(14)6-15-12/h4-6H,1-3H3,(H,15,16,17). The lowest BCUT2D eigenvalue weighted by atomic mass is 10.2. The Balaban J connectivity index is 2.21. The second-order valence-electron chi connectivity index (χ2n) is 4.12. The third-order valence-electron chi connectivity index (χ3n) is 2.67. The van der Waals surface area contributed by atoms with Crippen molar-refractivity contribution in [2.45, 2.75) is 20.8 Å². The number of anilines is 1. The van der Waals surface area contributed by atoms with Crippen molar-refractivity contribution in [3.63, 3.8) is 0 Å². The molecule has 0 aliphatic carbocycles. The first-order chi connectivity index (χ1) is 8.47. The average Bonchev–Trinajstić information content (AvgIpc) is 2.63. The summed E-state index contributed by atoms with van der Waals surface area (Å²) >= 11 is 4.85. The molecule has 0 unspecified atom stereocenters. The molecule has 0 aromatic carbocycles. The number of pyridine rings is 1. The Morgan fingerprint density at radius 3 is 2.56 bits per heavy atom. The number of halogens is 1. The molecule has 0 atom stereocenters. The van der Waals surface area contributed by atoms with Crippen molar-refractivity contribution in [1.82, 2.24) is 4.98 Å². The Morgan fingerprint density at radius 1 is 1.28 bits per heavy atom. The molecule has 3 nitrogen and oxygen atoms in total. The van der Waals surface area contributed by atoms with Crippen molar-refractivity contribution in [2.24, 2.45) is 0 Å². The van der Waals surface area contributed by atoms with Gasteiger partial charge in [0.05, 0.1) is 4.88 Å². The summed E-state index contributed by atoms with van der Waals surface area (Å²) in [5.41, 5.74) is 2.08. The van der Waals surface area contributed by atoms with E-state index in [-0.39, 0.29) is 5.91 Å². The van der Waals surface area contributed by atoms with Crippen LogP contribution in [0.2, 0.25) is 0 Å². The molecule has 0 spiro atoms. The SMILES string of the molecule is Cc1cc(Br)cnc1NC(=O)c1cc(C)c(C)s1. The van der Waals surface area contributed by atoms with Crippen molar-refractivity contribution in [3.8, 4) is 0 Å². The van der Waals surface area contributed by atoms with Crippen LogP contribution in [0.5, 0.6) is 0 Å². The zero-order valence-corrected chi connectivity index (χ0v) is 12.8. The fraction of sp³-hybridized carbons (Fsp3) is 0.231. The van der Waals surface area contributed by atoms with E-state index in [1.54, 1.807) is 6.20 Å². The van der Waals surface area contributed by atoms with E-state index in [1.165, 1.54) is 16.2 Å². The number of amides is 1. The monoisotopic (exact) mass is 324 g/mol. The lowest BCUT2D eigenvalue weighted by Crippen LogP contribution is -2.12. The molecule has 0 bridgehead atoms. The van der Waals surface area contributed by atoms with Crippen molar-refractivity contribution < 1.29 is 4.79 Å². The first kappa shape index (κ1) is 13.2. The molecule has 1 amide bonds. The lowest BCUT2D eigenvalue weighted by molar-refractivity contribution is 0.103. The number of thiophene rings is 1. The van der Waals surface area contributed by atoms with Crippen LogP contribution in [0.25, 0.3) is 0 Å². The maximum absolute atomic E-state index is 12.1. The topological polar surface area (TPSA) is 42.0 Å². The number of hydrogen-bond donors (Lipinski definition) is 1. The molecule has 0 aliphatic heterocycles. The molecule has 94 valence electrons. The molecular formula is C13H13BrN2OS. The van der Waals surface area contributed by atoms with Crippen LogP contribution >= 0.6 is 27.3 Å². The minimum absolute atomic E-state index is 0.103. The van der Waals surface area contributed by atoms with E-state index >= 15 is 0 Å². The molecule has 18 heavy (non-hydrogen) atoms. The van der Waals surface area contributed by atoms with E-state index in [0.717, 1.165) is 15.6 Å². The molecule has 0 saturated carbocycles. The van der Waals surface area contributed by atoms with Gasteiger partial charge in [0.15, 0.2) is 0 Å². The summed E-state index contributed by atoms with van der Waals surface area (Å²) in [6.45, 7) is 5.93. The fourth-order valence-corrected chi connectivity index (χ4v) is 2.90. The maximum atomic E-state index is 12.1. The predicted octanol–water partition coefficient (Wildman–Crippen LogP) is 4.08. The minimum atomic E-state index is -0.103. The number of carbonyl (C=O) groups is 1. The third kappa shape index (κ3) is 2.79. The number of nitrogens with zero attached hydrogens (tertiary/aromatic N) is 1. The van der Waals surface area contributed by atoms with Crippen molar-refractivity contribution in [2.75, 3.05) is 5.32 Å². The van der Waals surface area contributed by atoms with Gasteiger partial charge in [-0.25, -0.2) is 4.98 Å². The highest BCUT2D eigenvalue weighted by atomic mass is 79.9. The smallest absolute Gasteiger partial charge is 0.266 e. The molecule has 0 radical (unpaired) electrons. The van der Waals surface area contributed by atoms with Gasteiger partial charge in [0.1, 0.15) is 5.82 Å². The minimum Gasteiger partial charge on any atom is -0.306 e. The number of aryl methyl sites for hydroxylation is 3. The van der Waals surface area contributed by atoms with E-state index in [1.807, 2.05) is 32.9 Å². The van der Waals surface area contributed by atoms with Gasteiger partial charge in [-0.2, -0.15) is 0 Å². The molecule has 0 fully saturated rings. The van der Waals surface area contributed by atoms with Gasteiger partial charge in [-0.15, -0.1) is 11.3 Å². The Morgan fingerprint density at radius 2 is 2.00 bits per heavy atom. The molecule has 2 heterocycles. The zero-order chi connectivity index (χ0) is 13.3. The van der Waals surface area contributed by atoms with Crippen molar-refractivity contribution in [1.29, 1.82) is 0 Å². The van der Waals surface area contributed by atoms with Crippen LogP contribution in [0.4, 0.5) is 5.82 Å². The van der Waals surface area contributed by atoms with Crippen LogP contribution in [0.1, 0.15) is 25.7 Å². The average molecular weight is 325 g/mol. The summed E-state index contributed by atoms with van der Waals surface area (Å²) in [6, 6.07) is 3.83. The highest BCUT2D eigenvalue weighted by Gasteiger charge is 2.12. The summed E-state index contributed by atoms with van der Waals surface area (Å²) in [5.74, 6) is 0.501. The van der Waals surface area contributed by atoms with Gasteiger partial charge in [0.2, 0.25) is 0 Å². The molecule has 0 saturated heterocycles.